The van der Waals surface area contributed by atoms with Gasteiger partial charge in [0.2, 0.25) is 5.91 Å². The third-order valence-corrected chi connectivity index (χ3v) is 4.97. The van der Waals surface area contributed by atoms with E-state index in [0.29, 0.717) is 5.56 Å². The van der Waals surface area contributed by atoms with Crippen LogP contribution in [0.4, 0.5) is 0 Å². The first-order chi connectivity index (χ1) is 14.1. The summed E-state index contributed by atoms with van der Waals surface area (Å²) in [5, 5.41) is 0.837. The normalized spacial score (nSPS) is 10.8. The predicted molar refractivity (Wildman–Crippen MR) is 113 cm³/mol. The van der Waals surface area contributed by atoms with Gasteiger partial charge in [-0.25, -0.2) is 0 Å². The van der Waals surface area contributed by atoms with Gasteiger partial charge < -0.3 is 4.57 Å². The highest BCUT2D eigenvalue weighted by Crippen LogP contribution is 2.24. The lowest BCUT2D eigenvalue weighted by Gasteiger charge is -2.18. The van der Waals surface area contributed by atoms with Gasteiger partial charge in [-0.1, -0.05) is 78.9 Å². The number of hydrazine groups is 1. The van der Waals surface area contributed by atoms with Crippen molar-refractivity contribution in [3.05, 3.63) is 108 Å². The van der Waals surface area contributed by atoms with Crippen LogP contribution in [-0.2, 0) is 11.8 Å². The highest BCUT2D eigenvalue weighted by atomic mass is 16.2. The Kier molecular flexibility index (Phi) is 5.12. The first-order valence-corrected chi connectivity index (χ1v) is 9.39. The van der Waals surface area contributed by atoms with Crippen LogP contribution in [0.3, 0.4) is 0 Å². The van der Waals surface area contributed by atoms with E-state index in [0.717, 1.165) is 22.0 Å². The van der Waals surface area contributed by atoms with Crippen molar-refractivity contribution in [3.8, 4) is 0 Å². The number of amides is 2. The number of fused-ring (bicyclic) bond motifs is 1. The maximum absolute atomic E-state index is 13.0. The summed E-state index contributed by atoms with van der Waals surface area (Å²) in [7, 11) is 1.89. The van der Waals surface area contributed by atoms with Crippen LogP contribution in [0.2, 0.25) is 0 Å². The van der Waals surface area contributed by atoms with Crippen molar-refractivity contribution in [2.45, 2.75) is 5.92 Å². The third kappa shape index (κ3) is 3.75. The number of hydrogen-bond donors (Lipinski definition) is 2. The zero-order chi connectivity index (χ0) is 20.2. The quantitative estimate of drug-likeness (QED) is 0.527. The maximum Gasteiger partial charge on any atom is 0.271 e. The molecule has 29 heavy (non-hydrogen) atoms. The fourth-order valence-corrected chi connectivity index (χ4v) is 3.57. The van der Waals surface area contributed by atoms with Gasteiger partial charge in [0.15, 0.2) is 0 Å². The molecule has 5 nitrogen and oxygen atoms in total. The molecule has 144 valence electrons. The second-order valence-corrected chi connectivity index (χ2v) is 6.87. The molecule has 3 aromatic carbocycles. The summed E-state index contributed by atoms with van der Waals surface area (Å²) in [6, 6.07) is 26.7. The molecular formula is C24H21N3O2. The molecule has 0 saturated heterocycles. The molecule has 2 amide bonds. The molecule has 1 aromatic heterocycles. The molecule has 4 rings (SSSR count). The lowest BCUT2D eigenvalue weighted by molar-refractivity contribution is -0.122. The number of carbonyl (C=O) groups excluding carboxylic acids is 2. The molecular weight excluding hydrogens is 362 g/mol. The minimum atomic E-state index is -0.523. The molecule has 0 spiro atoms. The van der Waals surface area contributed by atoms with E-state index >= 15 is 0 Å². The van der Waals surface area contributed by atoms with E-state index in [9.17, 15) is 9.59 Å². The number of rotatable bonds is 4. The highest BCUT2D eigenvalue weighted by Gasteiger charge is 2.23. The third-order valence-electron chi connectivity index (χ3n) is 4.97. The van der Waals surface area contributed by atoms with Crippen LogP contribution in [0.5, 0.6) is 0 Å². The second-order valence-electron chi connectivity index (χ2n) is 6.87. The molecule has 1 heterocycles. The molecule has 0 aliphatic carbocycles. The minimum absolute atomic E-state index is 0.295. The number of hydrogen-bond acceptors (Lipinski definition) is 2. The van der Waals surface area contributed by atoms with E-state index in [4.69, 9.17) is 0 Å². The molecule has 2 N–H and O–H groups in total. The lowest BCUT2D eigenvalue weighted by atomic mass is 9.91. The van der Waals surface area contributed by atoms with E-state index in [1.165, 1.54) is 0 Å². The summed E-state index contributed by atoms with van der Waals surface area (Å²) in [5.41, 5.74) is 8.36. The molecule has 0 aliphatic heterocycles. The van der Waals surface area contributed by atoms with Crippen molar-refractivity contribution < 1.29 is 9.59 Å². The van der Waals surface area contributed by atoms with E-state index in [1.54, 1.807) is 6.20 Å². The highest BCUT2D eigenvalue weighted by molar-refractivity contribution is 6.07. The summed E-state index contributed by atoms with van der Waals surface area (Å²) in [4.78, 5) is 25.8. The van der Waals surface area contributed by atoms with Gasteiger partial charge in [0.1, 0.15) is 0 Å². The average molecular weight is 383 g/mol. The summed E-state index contributed by atoms with van der Waals surface area (Å²) >= 11 is 0. The Hall–Kier alpha value is -3.86. The maximum atomic E-state index is 13.0. The van der Waals surface area contributed by atoms with Gasteiger partial charge in [-0.2, -0.15) is 0 Å². The standard InChI is InChI=1S/C24H21N3O2/c1-27-16-20(19-14-8-9-15-21(19)27)23(28)25-26-24(29)22(17-10-4-2-5-11-17)18-12-6-3-7-13-18/h2-16,22H,1H3,(H,25,28)(H,26,29). The number of aryl methyl sites for hydroxylation is 1. The van der Waals surface area contributed by atoms with Crippen LogP contribution >= 0.6 is 0 Å². The second kappa shape index (κ2) is 8.02. The van der Waals surface area contributed by atoms with Crippen molar-refractivity contribution in [1.29, 1.82) is 0 Å². The summed E-state index contributed by atoms with van der Waals surface area (Å²) in [6.45, 7) is 0. The largest absolute Gasteiger partial charge is 0.350 e. The first kappa shape index (κ1) is 18.5. The van der Waals surface area contributed by atoms with Crippen molar-refractivity contribution in [1.82, 2.24) is 15.4 Å². The van der Waals surface area contributed by atoms with Crippen molar-refractivity contribution in [3.63, 3.8) is 0 Å². The van der Waals surface area contributed by atoms with E-state index in [1.807, 2.05) is 96.5 Å². The van der Waals surface area contributed by atoms with Crippen molar-refractivity contribution in [2.75, 3.05) is 0 Å². The Morgan fingerprint density at radius 3 is 1.93 bits per heavy atom. The number of nitrogens with one attached hydrogen (secondary N) is 2. The van der Waals surface area contributed by atoms with E-state index < -0.39 is 5.92 Å². The molecule has 0 saturated carbocycles. The summed E-state index contributed by atoms with van der Waals surface area (Å²) < 4.78 is 1.89. The van der Waals surface area contributed by atoms with Crippen LogP contribution in [0.1, 0.15) is 27.4 Å². The predicted octanol–water partition coefficient (Wildman–Crippen LogP) is 3.77. The molecule has 4 aromatic rings. The molecule has 0 fully saturated rings. The average Bonchev–Trinajstić information content (AvgIpc) is 3.11. The zero-order valence-corrected chi connectivity index (χ0v) is 16.0. The van der Waals surface area contributed by atoms with Crippen LogP contribution in [0, 0.1) is 0 Å². The van der Waals surface area contributed by atoms with Crippen LogP contribution in [0.25, 0.3) is 10.9 Å². The zero-order valence-electron chi connectivity index (χ0n) is 16.0. The molecule has 5 heteroatoms. The van der Waals surface area contributed by atoms with Gasteiger partial charge >= 0.3 is 0 Å². The van der Waals surface area contributed by atoms with Gasteiger partial charge in [-0.05, 0) is 17.2 Å². The van der Waals surface area contributed by atoms with Gasteiger partial charge in [0.25, 0.3) is 5.91 Å². The Bertz CT molecular complexity index is 1110. The SMILES string of the molecule is Cn1cc(C(=O)NNC(=O)C(c2ccccc2)c2ccccc2)c2ccccc21. The first-order valence-electron chi connectivity index (χ1n) is 9.39. The number of nitrogens with zero attached hydrogens (tertiary/aromatic N) is 1. The smallest absolute Gasteiger partial charge is 0.271 e. The molecule has 0 unspecified atom stereocenters. The minimum Gasteiger partial charge on any atom is -0.350 e. The fraction of sp³-hybridized carbons (Fsp3) is 0.0833. The van der Waals surface area contributed by atoms with Gasteiger partial charge in [0, 0.05) is 24.1 Å². The number of benzene rings is 3. The molecule has 0 aliphatic rings. The lowest BCUT2D eigenvalue weighted by Crippen LogP contribution is -2.44. The van der Waals surface area contributed by atoms with Crippen LogP contribution in [0.15, 0.2) is 91.1 Å². The Balaban J connectivity index is 1.56. The number of para-hydroxylation sites is 1. The molecule has 0 bridgehead atoms. The monoisotopic (exact) mass is 383 g/mol. The van der Waals surface area contributed by atoms with Gasteiger partial charge in [0.05, 0.1) is 11.5 Å². The van der Waals surface area contributed by atoms with E-state index in [-0.39, 0.29) is 11.8 Å². The van der Waals surface area contributed by atoms with Gasteiger partial charge in [-0.3, -0.25) is 20.4 Å². The molecule has 0 radical (unpaired) electrons. The Morgan fingerprint density at radius 2 is 1.31 bits per heavy atom. The van der Waals surface area contributed by atoms with Gasteiger partial charge in [-0.15, -0.1) is 0 Å². The van der Waals surface area contributed by atoms with Crippen LogP contribution < -0.4 is 10.9 Å². The van der Waals surface area contributed by atoms with Crippen LogP contribution in [-0.4, -0.2) is 16.4 Å². The number of aromatic nitrogens is 1. The van der Waals surface area contributed by atoms with Crippen molar-refractivity contribution in [2.24, 2.45) is 7.05 Å². The summed E-state index contributed by atoms with van der Waals surface area (Å²) in [6.07, 6.45) is 1.76. The Morgan fingerprint density at radius 1 is 0.759 bits per heavy atom. The number of carbonyl (C=O) groups is 2. The Labute approximate surface area is 168 Å². The van der Waals surface area contributed by atoms with E-state index in [2.05, 4.69) is 10.9 Å². The topological polar surface area (TPSA) is 63.1 Å². The molecule has 0 atom stereocenters. The fourth-order valence-electron chi connectivity index (χ4n) is 3.57. The summed E-state index contributed by atoms with van der Waals surface area (Å²) in [5.74, 6) is -1.17. The van der Waals surface area contributed by atoms with Crippen molar-refractivity contribution >= 4 is 22.7 Å².